The summed E-state index contributed by atoms with van der Waals surface area (Å²) in [5.41, 5.74) is 1.13. The predicted octanol–water partition coefficient (Wildman–Crippen LogP) is 7.64. The molecule has 1 aromatic rings. The van der Waals surface area contributed by atoms with Crippen LogP contribution in [0.2, 0.25) is 0 Å². The summed E-state index contributed by atoms with van der Waals surface area (Å²) in [6.07, 6.45) is 14.0. The van der Waals surface area contributed by atoms with Crippen molar-refractivity contribution < 1.29 is 17.9 Å². The van der Waals surface area contributed by atoms with Gasteiger partial charge in [0.05, 0.1) is 0 Å². The molecular formula is C24H33F3O. The molecule has 0 aliphatic heterocycles. The van der Waals surface area contributed by atoms with Crippen LogP contribution in [0.3, 0.4) is 0 Å². The van der Waals surface area contributed by atoms with Crippen LogP contribution < -0.4 is 4.74 Å². The zero-order valence-corrected chi connectivity index (χ0v) is 16.9. The van der Waals surface area contributed by atoms with Gasteiger partial charge in [0, 0.05) is 5.56 Å². The normalized spacial score (nSPS) is 28.3. The molecule has 2 saturated carbocycles. The van der Waals surface area contributed by atoms with Crippen LogP contribution in [0.5, 0.6) is 5.75 Å². The predicted molar refractivity (Wildman–Crippen MR) is 108 cm³/mol. The summed E-state index contributed by atoms with van der Waals surface area (Å²) < 4.78 is 43.5. The van der Waals surface area contributed by atoms with E-state index in [9.17, 15) is 13.2 Å². The van der Waals surface area contributed by atoms with Gasteiger partial charge in [0.2, 0.25) is 0 Å². The average molecular weight is 395 g/mol. The van der Waals surface area contributed by atoms with E-state index in [1.807, 2.05) is 0 Å². The molecule has 3 rings (SSSR count). The van der Waals surface area contributed by atoms with Crippen LogP contribution in [0.1, 0.15) is 75.8 Å². The summed E-state index contributed by atoms with van der Waals surface area (Å²) in [5, 5.41) is 0. The van der Waals surface area contributed by atoms with Crippen molar-refractivity contribution >= 4 is 6.08 Å². The number of hydrogen-bond donors (Lipinski definition) is 0. The highest BCUT2D eigenvalue weighted by Crippen LogP contribution is 2.42. The van der Waals surface area contributed by atoms with E-state index in [1.165, 1.54) is 63.5 Å². The molecular weight excluding hydrogens is 361 g/mol. The Morgan fingerprint density at radius 1 is 1.04 bits per heavy atom. The van der Waals surface area contributed by atoms with Crippen molar-refractivity contribution in [2.45, 2.75) is 77.7 Å². The molecule has 0 radical (unpaired) electrons. The number of benzene rings is 1. The largest absolute Gasteiger partial charge is 0.431 e. The molecule has 2 aliphatic rings. The zero-order valence-electron chi connectivity index (χ0n) is 16.9. The smallest absolute Gasteiger partial charge is 0.387 e. The summed E-state index contributed by atoms with van der Waals surface area (Å²) in [6, 6.07) is 3.06. The summed E-state index contributed by atoms with van der Waals surface area (Å²) >= 11 is 0. The highest BCUT2D eigenvalue weighted by atomic mass is 19.3. The molecule has 0 aromatic heterocycles. The van der Waals surface area contributed by atoms with Gasteiger partial charge < -0.3 is 4.74 Å². The minimum Gasteiger partial charge on any atom is -0.431 e. The van der Waals surface area contributed by atoms with Gasteiger partial charge in [-0.2, -0.15) is 8.78 Å². The van der Waals surface area contributed by atoms with Crippen molar-refractivity contribution in [2.75, 3.05) is 0 Å². The van der Waals surface area contributed by atoms with E-state index in [0.717, 1.165) is 36.2 Å². The maximum atomic E-state index is 14.2. The molecule has 1 aromatic carbocycles. The van der Waals surface area contributed by atoms with Gasteiger partial charge in [-0.25, -0.2) is 4.39 Å². The lowest BCUT2D eigenvalue weighted by molar-refractivity contribution is -0.0523. The Hall–Kier alpha value is -1.45. The number of alkyl halides is 2. The second kappa shape index (κ2) is 9.84. The third kappa shape index (κ3) is 5.55. The van der Waals surface area contributed by atoms with Crippen molar-refractivity contribution in [2.24, 2.45) is 23.7 Å². The Labute approximate surface area is 167 Å². The molecule has 0 bridgehead atoms. The van der Waals surface area contributed by atoms with E-state index in [-0.39, 0.29) is 0 Å². The van der Waals surface area contributed by atoms with Gasteiger partial charge in [0.1, 0.15) is 0 Å². The van der Waals surface area contributed by atoms with Gasteiger partial charge in [-0.3, -0.25) is 0 Å². The van der Waals surface area contributed by atoms with Gasteiger partial charge in [-0.05, 0) is 79.9 Å². The van der Waals surface area contributed by atoms with Crippen LogP contribution in [0.4, 0.5) is 13.2 Å². The van der Waals surface area contributed by atoms with Gasteiger partial charge >= 0.3 is 6.61 Å². The first kappa shape index (κ1) is 21.3. The SMILES string of the molecule is C=Cc1cc(CCC2CCC(C3CCC(C)CC3)CC2)cc(F)c1OC(F)F. The minimum absolute atomic E-state index is 0.297. The maximum absolute atomic E-state index is 14.2. The molecule has 156 valence electrons. The fourth-order valence-electron chi connectivity index (χ4n) is 5.26. The van der Waals surface area contributed by atoms with Gasteiger partial charge in [-0.1, -0.05) is 45.3 Å². The van der Waals surface area contributed by atoms with Gasteiger partial charge in [0.25, 0.3) is 0 Å². The quantitative estimate of drug-likeness (QED) is 0.462. The summed E-state index contributed by atoms with van der Waals surface area (Å²) in [5.74, 6) is 2.29. The first-order chi connectivity index (χ1) is 13.5. The van der Waals surface area contributed by atoms with Crippen LogP contribution >= 0.6 is 0 Å². The molecule has 28 heavy (non-hydrogen) atoms. The van der Waals surface area contributed by atoms with Crippen LogP contribution in [-0.2, 0) is 6.42 Å². The van der Waals surface area contributed by atoms with E-state index < -0.39 is 18.2 Å². The third-order valence-corrected chi connectivity index (χ3v) is 7.02. The maximum Gasteiger partial charge on any atom is 0.387 e. The molecule has 0 heterocycles. The number of ether oxygens (including phenoxy) is 1. The summed E-state index contributed by atoms with van der Waals surface area (Å²) in [6.45, 7) is 2.93. The van der Waals surface area contributed by atoms with Crippen molar-refractivity contribution in [3.05, 3.63) is 35.7 Å². The molecule has 2 aliphatic carbocycles. The Morgan fingerprint density at radius 3 is 2.21 bits per heavy atom. The second-order valence-corrected chi connectivity index (χ2v) is 8.92. The molecule has 1 nitrogen and oxygen atoms in total. The number of aryl methyl sites for hydroxylation is 1. The Balaban J connectivity index is 1.50. The van der Waals surface area contributed by atoms with E-state index >= 15 is 0 Å². The van der Waals surface area contributed by atoms with Crippen LogP contribution in [0.15, 0.2) is 18.7 Å². The van der Waals surface area contributed by atoms with E-state index in [2.05, 4.69) is 18.2 Å². The second-order valence-electron chi connectivity index (χ2n) is 8.92. The molecule has 0 atom stereocenters. The summed E-state index contributed by atoms with van der Waals surface area (Å²) in [7, 11) is 0. The first-order valence-electron chi connectivity index (χ1n) is 10.9. The van der Waals surface area contributed by atoms with Gasteiger partial charge in [-0.15, -0.1) is 0 Å². The molecule has 0 unspecified atom stereocenters. The minimum atomic E-state index is -3.04. The fraction of sp³-hybridized carbons (Fsp3) is 0.667. The highest BCUT2D eigenvalue weighted by Gasteiger charge is 2.29. The Morgan fingerprint density at radius 2 is 1.64 bits per heavy atom. The lowest BCUT2D eigenvalue weighted by Gasteiger charge is -2.37. The van der Waals surface area contributed by atoms with Crippen molar-refractivity contribution in [3.63, 3.8) is 0 Å². The van der Waals surface area contributed by atoms with E-state index in [0.29, 0.717) is 11.5 Å². The topological polar surface area (TPSA) is 9.23 Å². The van der Waals surface area contributed by atoms with E-state index in [4.69, 9.17) is 0 Å². The number of hydrogen-bond acceptors (Lipinski definition) is 1. The molecule has 0 N–H and O–H groups in total. The summed E-state index contributed by atoms with van der Waals surface area (Å²) in [4.78, 5) is 0. The lowest BCUT2D eigenvalue weighted by atomic mass is 9.69. The molecule has 0 amide bonds. The van der Waals surface area contributed by atoms with Crippen LogP contribution in [-0.4, -0.2) is 6.61 Å². The highest BCUT2D eigenvalue weighted by molar-refractivity contribution is 5.57. The molecule has 0 spiro atoms. The first-order valence-corrected chi connectivity index (χ1v) is 10.9. The van der Waals surface area contributed by atoms with Crippen molar-refractivity contribution in [1.82, 2.24) is 0 Å². The van der Waals surface area contributed by atoms with Gasteiger partial charge in [0.15, 0.2) is 11.6 Å². The van der Waals surface area contributed by atoms with Crippen molar-refractivity contribution in [3.8, 4) is 5.75 Å². The molecule has 4 heteroatoms. The lowest BCUT2D eigenvalue weighted by Crippen LogP contribution is -2.25. The average Bonchev–Trinajstić information content (AvgIpc) is 2.69. The number of rotatable bonds is 7. The zero-order chi connectivity index (χ0) is 20.1. The van der Waals surface area contributed by atoms with Crippen LogP contribution in [0, 0.1) is 29.5 Å². The fourth-order valence-corrected chi connectivity index (χ4v) is 5.26. The molecule has 2 fully saturated rings. The Kier molecular flexibility index (Phi) is 7.48. The standard InChI is InChI=1S/C24H33F3O/c1-3-19-14-18(15-22(25)23(19)28-24(26)27)7-6-17-8-12-21(13-9-17)20-10-4-16(2)5-11-20/h3,14-17,20-21,24H,1,4-13H2,2H3. The monoisotopic (exact) mass is 394 g/mol. The third-order valence-electron chi connectivity index (χ3n) is 7.02. The Bertz CT molecular complexity index is 641. The van der Waals surface area contributed by atoms with Crippen molar-refractivity contribution in [1.29, 1.82) is 0 Å². The number of halogens is 3. The molecule has 0 saturated heterocycles. The van der Waals surface area contributed by atoms with Crippen LogP contribution in [0.25, 0.3) is 6.08 Å². The van der Waals surface area contributed by atoms with E-state index in [1.54, 1.807) is 6.07 Å².